The van der Waals surface area contributed by atoms with Crippen LogP contribution in [0.2, 0.25) is 0 Å². The van der Waals surface area contributed by atoms with Gasteiger partial charge in [-0.2, -0.15) is 0 Å². The van der Waals surface area contributed by atoms with E-state index in [0.29, 0.717) is 24.6 Å². The molecule has 0 aromatic heterocycles. The van der Waals surface area contributed by atoms with Crippen LogP contribution in [0.4, 0.5) is 0 Å². The van der Waals surface area contributed by atoms with Gasteiger partial charge in [0, 0.05) is 7.26 Å². The number of rotatable bonds is 9. The molecule has 0 radical (unpaired) electrons. The quantitative estimate of drug-likeness (QED) is 0.327. The highest BCUT2D eigenvalue weighted by Crippen LogP contribution is 2.58. The van der Waals surface area contributed by atoms with Gasteiger partial charge in [-0.15, -0.1) is 0 Å². The third kappa shape index (κ3) is 7.36. The van der Waals surface area contributed by atoms with E-state index in [2.05, 4.69) is 0 Å². The lowest BCUT2D eigenvalue weighted by Gasteiger charge is -2.25. The van der Waals surface area contributed by atoms with E-state index in [1.54, 1.807) is 0 Å². The van der Waals surface area contributed by atoms with Crippen LogP contribution in [0.25, 0.3) is 0 Å². The Bertz CT molecular complexity index is 174. The Kier molecular flexibility index (Phi) is 11.8. The van der Waals surface area contributed by atoms with Crippen molar-refractivity contribution in [1.29, 1.82) is 0 Å². The van der Waals surface area contributed by atoms with E-state index in [1.165, 1.54) is 0 Å². The molecule has 0 aromatic rings. The molecule has 0 aromatic carbocycles. The number of carbonyl (C=O) groups is 1. The van der Waals surface area contributed by atoms with Crippen LogP contribution in [-0.2, 0) is 4.79 Å². The molecule has 0 heterocycles. The smallest absolute Gasteiger partial charge is 0.307 e. The molecule has 0 spiro atoms. The van der Waals surface area contributed by atoms with E-state index in [9.17, 15) is 4.79 Å². The van der Waals surface area contributed by atoms with Gasteiger partial charge in [-0.1, -0.05) is 0 Å². The first-order chi connectivity index (χ1) is 7.10. The van der Waals surface area contributed by atoms with Gasteiger partial charge in [0.25, 0.3) is 0 Å². The maximum absolute atomic E-state index is 10.5. The molecule has 0 saturated heterocycles. The highest BCUT2D eigenvalue weighted by Gasteiger charge is 2.36. The molecule has 0 bridgehead atoms. The first-order valence-electron chi connectivity index (χ1n) is 4.99. The molecule has 5 nitrogen and oxygen atoms in total. The molecule has 0 fully saturated rings. The van der Waals surface area contributed by atoms with E-state index in [-0.39, 0.29) is 38.6 Å². The fourth-order valence-corrected chi connectivity index (χ4v) is 4.92. The van der Waals surface area contributed by atoms with Crippen molar-refractivity contribution >= 4 is 13.2 Å². The van der Waals surface area contributed by atoms with Gasteiger partial charge in [-0.25, -0.2) is 0 Å². The number of aliphatic hydroxyl groups is 3. The average Bonchev–Trinajstić information content (AvgIpc) is 2.16. The van der Waals surface area contributed by atoms with Crippen LogP contribution in [0.15, 0.2) is 0 Å². The molecule has 98 valence electrons. The lowest BCUT2D eigenvalue weighted by molar-refractivity contribution is -0.136. The van der Waals surface area contributed by atoms with Gasteiger partial charge in [-0.3, -0.25) is 4.79 Å². The lowest BCUT2D eigenvalue weighted by atomic mass is 10.5. The largest absolute Gasteiger partial charge is 1.00 e. The van der Waals surface area contributed by atoms with Crippen molar-refractivity contribution in [2.24, 2.45) is 0 Å². The Hall–Kier alpha value is 0.0700. The summed E-state index contributed by atoms with van der Waals surface area (Å²) in [6, 6.07) is 0. The summed E-state index contributed by atoms with van der Waals surface area (Å²) in [5.41, 5.74) is 0. The van der Waals surface area contributed by atoms with Gasteiger partial charge in [-0.05, 0) is 0 Å². The van der Waals surface area contributed by atoms with Crippen molar-refractivity contribution in [2.45, 2.75) is 6.42 Å². The van der Waals surface area contributed by atoms with Gasteiger partial charge < -0.3 is 32.8 Å². The second-order valence-electron chi connectivity index (χ2n) is 3.55. The molecule has 16 heavy (non-hydrogen) atoms. The van der Waals surface area contributed by atoms with Gasteiger partial charge in [0.1, 0.15) is 0 Å². The Morgan fingerprint density at radius 2 is 1.25 bits per heavy atom. The molecule has 7 heteroatoms. The zero-order valence-corrected chi connectivity index (χ0v) is 10.8. The number of aliphatic carboxylic acids is 1. The van der Waals surface area contributed by atoms with Gasteiger partial charge in [0.15, 0.2) is 0 Å². The number of carboxylic acids is 1. The molecule has 0 atom stereocenters. The van der Waals surface area contributed by atoms with Crippen molar-refractivity contribution in [1.82, 2.24) is 0 Å². The van der Waals surface area contributed by atoms with Crippen molar-refractivity contribution in [3.05, 3.63) is 0 Å². The third-order valence-electron chi connectivity index (χ3n) is 2.52. The van der Waals surface area contributed by atoms with E-state index < -0.39 is 13.2 Å². The van der Waals surface area contributed by atoms with Crippen LogP contribution in [0.5, 0.6) is 0 Å². The van der Waals surface area contributed by atoms with E-state index >= 15 is 0 Å². The fourth-order valence-electron chi connectivity index (χ4n) is 1.64. The van der Waals surface area contributed by atoms with Crippen LogP contribution in [-0.4, -0.2) is 70.9 Å². The molecule has 4 N–H and O–H groups in total. The highest BCUT2D eigenvalue weighted by atomic mass is 35.5. The van der Waals surface area contributed by atoms with Gasteiger partial charge in [0.05, 0.1) is 50.9 Å². The Morgan fingerprint density at radius 3 is 1.50 bits per heavy atom. The first-order valence-corrected chi connectivity index (χ1v) is 7.52. The number of hydrogen-bond acceptors (Lipinski definition) is 4. The van der Waals surface area contributed by atoms with E-state index in [0.717, 1.165) is 0 Å². The third-order valence-corrected chi connectivity index (χ3v) is 7.14. The molecule has 0 aliphatic rings. The molecule has 0 aliphatic carbocycles. The lowest BCUT2D eigenvalue weighted by Crippen LogP contribution is -3.00. The normalized spacial score (nSPS) is 10.9. The maximum atomic E-state index is 10.5. The zero-order valence-electron chi connectivity index (χ0n) is 9.18. The summed E-state index contributed by atoms with van der Waals surface area (Å²) in [6.07, 6.45) is 2.13. The van der Waals surface area contributed by atoms with E-state index in [1.807, 2.05) is 0 Å². The summed E-state index contributed by atoms with van der Waals surface area (Å²) in [7, 11) is -1.68. The minimum Gasteiger partial charge on any atom is -1.00 e. The summed E-state index contributed by atoms with van der Waals surface area (Å²) in [4.78, 5) is 10.5. The standard InChI is InChI=1S/C9H19O5P.ClH/c10-2-6-15(7-3-11,8-4-12)5-1-9(13)14;/h10-12H,1-8H2;1H. The Morgan fingerprint density at radius 1 is 0.875 bits per heavy atom. The fraction of sp³-hybridized carbons (Fsp3) is 0.889. The predicted molar refractivity (Wildman–Crippen MR) is 59.9 cm³/mol. The summed E-state index contributed by atoms with van der Waals surface area (Å²) < 4.78 is 0. The van der Waals surface area contributed by atoms with Gasteiger partial charge >= 0.3 is 5.97 Å². The number of aliphatic hydroxyl groups excluding tert-OH is 3. The Labute approximate surface area is 102 Å². The second kappa shape index (κ2) is 10.2. The number of halogens is 1. The second-order valence-corrected chi connectivity index (χ2v) is 8.02. The molecular weight excluding hydrogens is 255 g/mol. The average molecular weight is 275 g/mol. The van der Waals surface area contributed by atoms with Crippen LogP contribution in [0.1, 0.15) is 6.42 Å². The molecule has 0 rings (SSSR count). The van der Waals surface area contributed by atoms with Crippen molar-refractivity contribution < 1.29 is 37.6 Å². The van der Waals surface area contributed by atoms with Crippen LogP contribution < -0.4 is 12.4 Å². The minimum atomic E-state index is -1.68. The summed E-state index contributed by atoms with van der Waals surface area (Å²) in [6.45, 7) is -0.0197. The zero-order chi connectivity index (χ0) is 11.7. The summed E-state index contributed by atoms with van der Waals surface area (Å²) in [5, 5.41) is 35.4. The highest BCUT2D eigenvalue weighted by molar-refractivity contribution is 7.76. The monoisotopic (exact) mass is 274 g/mol. The van der Waals surface area contributed by atoms with Crippen molar-refractivity contribution in [3.8, 4) is 0 Å². The summed E-state index contributed by atoms with van der Waals surface area (Å²) in [5.74, 6) is -0.867. The van der Waals surface area contributed by atoms with Crippen molar-refractivity contribution in [2.75, 3.05) is 44.5 Å². The van der Waals surface area contributed by atoms with Crippen LogP contribution in [0.3, 0.4) is 0 Å². The predicted octanol–water partition coefficient (Wildman–Crippen LogP) is -3.54. The first kappa shape index (κ1) is 18.4. The molecular formula is C9H20ClO5P. The van der Waals surface area contributed by atoms with Gasteiger partial charge in [0.2, 0.25) is 0 Å². The van der Waals surface area contributed by atoms with Crippen LogP contribution >= 0.6 is 7.26 Å². The summed E-state index contributed by atoms with van der Waals surface area (Å²) >= 11 is 0. The maximum Gasteiger partial charge on any atom is 0.307 e. The topological polar surface area (TPSA) is 98.0 Å². The number of hydrogen-bond donors (Lipinski definition) is 4. The molecule has 0 aliphatic heterocycles. The SMILES string of the molecule is O=C(O)CC[P+](CCO)(CCO)CCO.[Cl-]. The Balaban J connectivity index is 0. The number of carboxylic acid groups (broad SMARTS) is 1. The van der Waals surface area contributed by atoms with Crippen molar-refractivity contribution in [3.63, 3.8) is 0 Å². The molecule has 0 unspecified atom stereocenters. The van der Waals surface area contributed by atoms with E-state index in [4.69, 9.17) is 20.4 Å². The van der Waals surface area contributed by atoms with Crippen LogP contribution in [0, 0.1) is 0 Å². The molecule has 0 saturated carbocycles. The molecule has 0 amide bonds. The minimum absolute atomic E-state index is 0.